The van der Waals surface area contributed by atoms with Crippen LogP contribution in [0.5, 0.6) is 5.75 Å². The first-order valence-electron chi connectivity index (χ1n) is 6.39. The van der Waals surface area contributed by atoms with Crippen molar-refractivity contribution in [1.29, 1.82) is 0 Å². The monoisotopic (exact) mass is 283 g/mol. The Bertz CT molecular complexity index is 728. The lowest BCUT2D eigenvalue weighted by Crippen LogP contribution is -2.13. The molecule has 1 aromatic carbocycles. The number of pyridine rings is 1. The summed E-state index contributed by atoms with van der Waals surface area (Å²) in [6, 6.07) is 6.90. The second kappa shape index (κ2) is 5.24. The van der Waals surface area contributed by atoms with Crippen LogP contribution in [0.4, 0.5) is 11.4 Å². The number of rotatable bonds is 3. The zero-order valence-corrected chi connectivity index (χ0v) is 11.3. The fourth-order valence-electron chi connectivity index (χ4n) is 2.24. The number of ether oxygens (including phenoxy) is 1. The van der Waals surface area contributed by atoms with E-state index in [-0.39, 0.29) is 11.8 Å². The molecule has 6 heteroatoms. The molecule has 106 valence electrons. The molecule has 2 heterocycles. The van der Waals surface area contributed by atoms with Gasteiger partial charge >= 0.3 is 0 Å². The number of amides is 2. The summed E-state index contributed by atoms with van der Waals surface area (Å²) in [5, 5.41) is 5.54. The molecule has 0 unspecified atom stereocenters. The first-order valence-corrected chi connectivity index (χ1v) is 6.39. The number of nitrogens with zero attached hydrogens (tertiary/aromatic N) is 1. The highest BCUT2D eigenvalue weighted by molar-refractivity contribution is 6.06. The number of carbonyl (C=O) groups excluding carboxylic acids is 2. The van der Waals surface area contributed by atoms with E-state index in [1.165, 1.54) is 19.5 Å². The molecule has 2 N–H and O–H groups in total. The summed E-state index contributed by atoms with van der Waals surface area (Å²) in [7, 11) is 1.49. The Labute approximate surface area is 121 Å². The van der Waals surface area contributed by atoms with Crippen LogP contribution >= 0.6 is 0 Å². The van der Waals surface area contributed by atoms with Gasteiger partial charge in [-0.25, -0.2) is 0 Å². The maximum atomic E-state index is 12.3. The molecule has 0 atom stereocenters. The molecule has 6 nitrogen and oxygen atoms in total. The SMILES string of the molecule is COc1cnccc1C(=O)Nc1ccc2c(c1)CC(=O)N2. The first-order chi connectivity index (χ1) is 10.2. The highest BCUT2D eigenvalue weighted by Gasteiger charge is 2.18. The quantitative estimate of drug-likeness (QED) is 0.900. The van der Waals surface area contributed by atoms with Crippen LogP contribution in [0, 0.1) is 0 Å². The van der Waals surface area contributed by atoms with Crippen LogP contribution in [0.2, 0.25) is 0 Å². The fraction of sp³-hybridized carbons (Fsp3) is 0.133. The van der Waals surface area contributed by atoms with Crippen LogP contribution in [0.3, 0.4) is 0 Å². The van der Waals surface area contributed by atoms with E-state index in [2.05, 4.69) is 15.6 Å². The molecule has 0 spiro atoms. The van der Waals surface area contributed by atoms with Gasteiger partial charge in [0, 0.05) is 17.6 Å². The third-order valence-corrected chi connectivity index (χ3v) is 3.24. The topological polar surface area (TPSA) is 80.3 Å². The third-order valence-electron chi connectivity index (χ3n) is 3.24. The summed E-state index contributed by atoms with van der Waals surface area (Å²) in [6.45, 7) is 0. The van der Waals surface area contributed by atoms with Crippen molar-refractivity contribution in [3.8, 4) is 5.75 Å². The minimum atomic E-state index is -0.286. The number of aromatic nitrogens is 1. The van der Waals surface area contributed by atoms with Gasteiger partial charge in [-0.3, -0.25) is 14.6 Å². The van der Waals surface area contributed by atoms with Crippen molar-refractivity contribution in [2.24, 2.45) is 0 Å². The maximum Gasteiger partial charge on any atom is 0.259 e. The van der Waals surface area contributed by atoms with E-state index in [9.17, 15) is 9.59 Å². The zero-order valence-electron chi connectivity index (χ0n) is 11.3. The Kier molecular flexibility index (Phi) is 3.27. The van der Waals surface area contributed by atoms with Crippen molar-refractivity contribution in [3.05, 3.63) is 47.8 Å². The molecular formula is C15H13N3O3. The van der Waals surface area contributed by atoms with Crippen LogP contribution in [0.15, 0.2) is 36.7 Å². The molecular weight excluding hydrogens is 270 g/mol. The summed E-state index contributed by atoms with van der Waals surface area (Å²) in [6.07, 6.45) is 3.35. The molecule has 21 heavy (non-hydrogen) atoms. The number of hydrogen-bond acceptors (Lipinski definition) is 4. The second-order valence-electron chi connectivity index (χ2n) is 4.63. The number of nitrogens with one attached hydrogen (secondary N) is 2. The van der Waals surface area contributed by atoms with Crippen LogP contribution in [0.1, 0.15) is 15.9 Å². The van der Waals surface area contributed by atoms with Gasteiger partial charge in [0.2, 0.25) is 5.91 Å². The van der Waals surface area contributed by atoms with Crippen LogP contribution < -0.4 is 15.4 Å². The molecule has 0 saturated carbocycles. The first kappa shape index (κ1) is 13.1. The molecule has 0 bridgehead atoms. The van der Waals surface area contributed by atoms with Gasteiger partial charge in [-0.15, -0.1) is 0 Å². The Hall–Kier alpha value is -2.89. The van der Waals surface area contributed by atoms with E-state index in [0.717, 1.165) is 11.3 Å². The van der Waals surface area contributed by atoms with E-state index >= 15 is 0 Å². The highest BCUT2D eigenvalue weighted by atomic mass is 16.5. The number of anilines is 2. The highest BCUT2D eigenvalue weighted by Crippen LogP contribution is 2.26. The minimum absolute atomic E-state index is 0.0377. The summed E-state index contributed by atoms with van der Waals surface area (Å²) < 4.78 is 5.11. The van der Waals surface area contributed by atoms with Crippen molar-refractivity contribution in [1.82, 2.24) is 4.98 Å². The number of benzene rings is 1. The second-order valence-corrected chi connectivity index (χ2v) is 4.63. The fourth-order valence-corrected chi connectivity index (χ4v) is 2.24. The van der Waals surface area contributed by atoms with Gasteiger partial charge in [0.1, 0.15) is 5.75 Å². The van der Waals surface area contributed by atoms with E-state index < -0.39 is 0 Å². The van der Waals surface area contributed by atoms with Crippen molar-refractivity contribution >= 4 is 23.2 Å². The van der Waals surface area contributed by atoms with Gasteiger partial charge in [0.25, 0.3) is 5.91 Å². The molecule has 1 aliphatic rings. The van der Waals surface area contributed by atoms with Gasteiger partial charge in [-0.1, -0.05) is 0 Å². The average molecular weight is 283 g/mol. The molecule has 3 rings (SSSR count). The van der Waals surface area contributed by atoms with Gasteiger partial charge in [-0.05, 0) is 29.8 Å². The molecule has 2 aromatic rings. The number of methoxy groups -OCH3 is 1. The smallest absolute Gasteiger partial charge is 0.259 e. The minimum Gasteiger partial charge on any atom is -0.494 e. The van der Waals surface area contributed by atoms with Crippen molar-refractivity contribution < 1.29 is 14.3 Å². The Morgan fingerprint density at radius 3 is 3.05 bits per heavy atom. The largest absolute Gasteiger partial charge is 0.494 e. The zero-order chi connectivity index (χ0) is 14.8. The standard InChI is InChI=1S/C15H13N3O3/c1-21-13-8-16-5-4-11(13)15(20)17-10-2-3-12-9(6-10)7-14(19)18-12/h2-6,8H,7H2,1H3,(H,17,20)(H,18,19). The maximum absolute atomic E-state index is 12.3. The lowest BCUT2D eigenvalue weighted by atomic mass is 10.1. The Balaban J connectivity index is 1.82. The van der Waals surface area contributed by atoms with E-state index in [4.69, 9.17) is 4.74 Å². The third kappa shape index (κ3) is 2.55. The molecule has 2 amide bonds. The number of hydrogen-bond donors (Lipinski definition) is 2. The van der Waals surface area contributed by atoms with Gasteiger partial charge < -0.3 is 15.4 Å². The predicted octanol–water partition coefficient (Wildman–Crippen LogP) is 1.84. The average Bonchev–Trinajstić information content (AvgIpc) is 2.86. The van der Waals surface area contributed by atoms with Gasteiger partial charge in [-0.2, -0.15) is 0 Å². The van der Waals surface area contributed by atoms with Crippen LogP contribution in [-0.2, 0) is 11.2 Å². The molecule has 1 aliphatic heterocycles. The molecule has 0 radical (unpaired) electrons. The molecule has 0 aliphatic carbocycles. The lowest BCUT2D eigenvalue weighted by Gasteiger charge is -2.09. The van der Waals surface area contributed by atoms with Crippen molar-refractivity contribution in [2.45, 2.75) is 6.42 Å². The Morgan fingerprint density at radius 1 is 1.38 bits per heavy atom. The van der Waals surface area contributed by atoms with Crippen molar-refractivity contribution in [2.75, 3.05) is 17.7 Å². The summed E-state index contributed by atoms with van der Waals surface area (Å²) >= 11 is 0. The predicted molar refractivity (Wildman–Crippen MR) is 77.5 cm³/mol. The molecule has 1 aromatic heterocycles. The summed E-state index contributed by atoms with van der Waals surface area (Å²) in [5.41, 5.74) is 2.70. The van der Waals surface area contributed by atoms with Crippen LogP contribution in [0.25, 0.3) is 0 Å². The molecule has 0 saturated heterocycles. The summed E-state index contributed by atoms with van der Waals surface area (Å²) in [4.78, 5) is 27.5. The molecule has 0 fully saturated rings. The normalized spacial score (nSPS) is 12.5. The summed E-state index contributed by atoms with van der Waals surface area (Å²) in [5.74, 6) is 0.0868. The number of fused-ring (bicyclic) bond motifs is 1. The van der Waals surface area contributed by atoms with Crippen molar-refractivity contribution in [3.63, 3.8) is 0 Å². The van der Waals surface area contributed by atoms with Crippen LogP contribution in [-0.4, -0.2) is 23.9 Å². The Morgan fingerprint density at radius 2 is 2.24 bits per heavy atom. The van der Waals surface area contributed by atoms with Gasteiger partial charge in [0.15, 0.2) is 0 Å². The van der Waals surface area contributed by atoms with E-state index in [1.807, 2.05) is 0 Å². The van der Waals surface area contributed by atoms with E-state index in [0.29, 0.717) is 23.4 Å². The lowest BCUT2D eigenvalue weighted by molar-refractivity contribution is -0.115. The number of carbonyl (C=O) groups is 2. The van der Waals surface area contributed by atoms with Gasteiger partial charge in [0.05, 0.1) is 25.3 Å². The van der Waals surface area contributed by atoms with E-state index in [1.54, 1.807) is 24.3 Å².